The molecule has 1 atom stereocenters. The minimum absolute atomic E-state index is 0.0679. The number of aliphatic carboxylic acids is 1. The van der Waals surface area contributed by atoms with E-state index < -0.39 is 17.9 Å². The Labute approximate surface area is 137 Å². The molecule has 0 bridgehead atoms. The van der Waals surface area contributed by atoms with Crippen LogP contribution >= 0.6 is 11.6 Å². The number of carboxylic acid groups (broad SMARTS) is 1. The number of rotatable bonds is 6. The standard InChI is InChI=1S/C15H15ClN2O5/c1-3-10-13(17-7-23-10)14(19)18-12(15(20)21)8-4-5-11(22-2)9(16)6-8/h4-7,12H,3H2,1-2H3,(H,18,19)(H,20,21). The van der Waals surface area contributed by atoms with Crippen LogP contribution in [0.25, 0.3) is 0 Å². The zero-order chi connectivity index (χ0) is 17.0. The summed E-state index contributed by atoms with van der Waals surface area (Å²) in [6.07, 6.45) is 1.61. The van der Waals surface area contributed by atoms with Gasteiger partial charge in [0, 0.05) is 6.42 Å². The van der Waals surface area contributed by atoms with Crippen molar-refractivity contribution in [3.05, 3.63) is 46.6 Å². The van der Waals surface area contributed by atoms with Gasteiger partial charge in [-0.25, -0.2) is 9.78 Å². The van der Waals surface area contributed by atoms with E-state index in [4.69, 9.17) is 20.8 Å². The summed E-state index contributed by atoms with van der Waals surface area (Å²) < 4.78 is 10.1. The monoisotopic (exact) mass is 338 g/mol. The number of hydrogen-bond donors (Lipinski definition) is 2. The summed E-state index contributed by atoms with van der Waals surface area (Å²) >= 11 is 6.00. The minimum atomic E-state index is -1.27. The van der Waals surface area contributed by atoms with E-state index in [2.05, 4.69) is 10.3 Å². The molecule has 122 valence electrons. The number of carbonyl (C=O) groups excluding carboxylic acids is 1. The smallest absolute Gasteiger partial charge is 0.330 e. The first-order chi connectivity index (χ1) is 11.0. The van der Waals surface area contributed by atoms with Crippen LogP contribution in [0.5, 0.6) is 5.75 Å². The number of aromatic nitrogens is 1. The fourth-order valence-electron chi connectivity index (χ4n) is 2.06. The molecule has 1 amide bonds. The molecule has 2 aromatic rings. The number of methoxy groups -OCH3 is 1. The van der Waals surface area contributed by atoms with Crippen molar-refractivity contribution in [1.29, 1.82) is 0 Å². The maximum absolute atomic E-state index is 12.2. The Bertz CT molecular complexity index is 728. The molecule has 0 aliphatic carbocycles. The molecule has 2 N–H and O–H groups in total. The van der Waals surface area contributed by atoms with Crippen LogP contribution in [-0.4, -0.2) is 29.1 Å². The predicted molar refractivity (Wildman–Crippen MR) is 81.7 cm³/mol. The van der Waals surface area contributed by atoms with Gasteiger partial charge in [-0.3, -0.25) is 4.79 Å². The van der Waals surface area contributed by atoms with Crippen molar-refractivity contribution in [3.63, 3.8) is 0 Å². The van der Waals surface area contributed by atoms with Gasteiger partial charge in [0.05, 0.1) is 12.1 Å². The van der Waals surface area contributed by atoms with Crippen LogP contribution < -0.4 is 10.1 Å². The molecular formula is C15H15ClN2O5. The predicted octanol–water partition coefficient (Wildman–Crippen LogP) is 2.45. The van der Waals surface area contributed by atoms with Crippen molar-refractivity contribution in [2.24, 2.45) is 0 Å². The van der Waals surface area contributed by atoms with Crippen LogP contribution in [0.15, 0.2) is 29.0 Å². The molecule has 8 heteroatoms. The minimum Gasteiger partial charge on any atom is -0.495 e. The Morgan fingerprint density at radius 1 is 1.48 bits per heavy atom. The van der Waals surface area contributed by atoms with Gasteiger partial charge >= 0.3 is 5.97 Å². The van der Waals surface area contributed by atoms with Gasteiger partial charge in [-0.15, -0.1) is 0 Å². The third-order valence-electron chi connectivity index (χ3n) is 3.21. The van der Waals surface area contributed by atoms with E-state index in [1.54, 1.807) is 6.92 Å². The molecule has 7 nitrogen and oxygen atoms in total. The van der Waals surface area contributed by atoms with E-state index in [0.29, 0.717) is 23.5 Å². The molecular weight excluding hydrogens is 324 g/mol. The molecule has 23 heavy (non-hydrogen) atoms. The Morgan fingerprint density at radius 3 is 2.78 bits per heavy atom. The molecule has 0 aliphatic heterocycles. The number of carbonyl (C=O) groups is 2. The van der Waals surface area contributed by atoms with E-state index in [-0.39, 0.29) is 10.7 Å². The lowest BCUT2D eigenvalue weighted by Gasteiger charge is -2.15. The highest BCUT2D eigenvalue weighted by Gasteiger charge is 2.26. The number of hydrogen-bond acceptors (Lipinski definition) is 5. The van der Waals surface area contributed by atoms with E-state index in [1.165, 1.54) is 25.3 Å². The van der Waals surface area contributed by atoms with Crippen LogP contribution in [0.4, 0.5) is 0 Å². The summed E-state index contributed by atoms with van der Waals surface area (Å²) in [5, 5.41) is 12.0. The van der Waals surface area contributed by atoms with E-state index in [0.717, 1.165) is 6.39 Å². The van der Waals surface area contributed by atoms with Gasteiger partial charge in [0.15, 0.2) is 18.1 Å². The van der Waals surface area contributed by atoms with Crippen molar-refractivity contribution in [1.82, 2.24) is 10.3 Å². The zero-order valence-corrected chi connectivity index (χ0v) is 13.3. The second kappa shape index (κ2) is 7.15. The van der Waals surface area contributed by atoms with Crippen LogP contribution in [0, 0.1) is 0 Å². The van der Waals surface area contributed by atoms with Gasteiger partial charge in [-0.05, 0) is 17.7 Å². The first kappa shape index (κ1) is 16.8. The Balaban J connectivity index is 2.27. The highest BCUT2D eigenvalue weighted by molar-refractivity contribution is 6.32. The number of nitrogens with zero attached hydrogens (tertiary/aromatic N) is 1. The number of amides is 1. The number of oxazole rings is 1. The molecule has 0 saturated carbocycles. The average molecular weight is 339 g/mol. The van der Waals surface area contributed by atoms with Crippen molar-refractivity contribution < 1.29 is 23.8 Å². The molecule has 1 aromatic carbocycles. The molecule has 1 heterocycles. The lowest BCUT2D eigenvalue weighted by Crippen LogP contribution is -2.34. The highest BCUT2D eigenvalue weighted by Crippen LogP contribution is 2.28. The van der Waals surface area contributed by atoms with Crippen LogP contribution in [0.3, 0.4) is 0 Å². The number of ether oxygens (including phenoxy) is 1. The van der Waals surface area contributed by atoms with Crippen molar-refractivity contribution in [2.45, 2.75) is 19.4 Å². The zero-order valence-electron chi connectivity index (χ0n) is 12.5. The number of halogens is 1. The molecule has 2 rings (SSSR count). The lowest BCUT2D eigenvalue weighted by molar-refractivity contribution is -0.139. The number of carboxylic acids is 1. The van der Waals surface area contributed by atoms with Crippen LogP contribution in [0.1, 0.15) is 34.8 Å². The van der Waals surface area contributed by atoms with Crippen molar-refractivity contribution in [3.8, 4) is 5.75 Å². The third-order valence-corrected chi connectivity index (χ3v) is 3.50. The van der Waals surface area contributed by atoms with Gasteiger partial charge in [-0.1, -0.05) is 24.6 Å². The van der Waals surface area contributed by atoms with Gasteiger partial charge in [0.1, 0.15) is 11.5 Å². The highest BCUT2D eigenvalue weighted by atomic mass is 35.5. The first-order valence-electron chi connectivity index (χ1n) is 6.77. The first-order valence-corrected chi connectivity index (χ1v) is 7.15. The van der Waals surface area contributed by atoms with E-state index >= 15 is 0 Å². The molecule has 0 fully saturated rings. The Hall–Kier alpha value is -2.54. The molecule has 1 unspecified atom stereocenters. The van der Waals surface area contributed by atoms with E-state index in [1.807, 2.05) is 0 Å². The second-order valence-corrected chi connectivity index (χ2v) is 5.02. The van der Waals surface area contributed by atoms with Gasteiger partial charge in [0.2, 0.25) is 0 Å². The number of benzene rings is 1. The fraction of sp³-hybridized carbons (Fsp3) is 0.267. The topological polar surface area (TPSA) is 102 Å². The van der Waals surface area contributed by atoms with E-state index in [9.17, 15) is 14.7 Å². The summed E-state index contributed by atoms with van der Waals surface area (Å²) in [5.74, 6) is -1.05. The van der Waals surface area contributed by atoms with Gasteiger partial charge in [0.25, 0.3) is 5.91 Å². The van der Waals surface area contributed by atoms with Crippen LogP contribution in [0.2, 0.25) is 5.02 Å². The fourth-order valence-corrected chi connectivity index (χ4v) is 2.32. The average Bonchev–Trinajstić information content (AvgIpc) is 3.00. The quantitative estimate of drug-likeness (QED) is 0.838. The van der Waals surface area contributed by atoms with Crippen molar-refractivity contribution in [2.75, 3.05) is 7.11 Å². The summed E-state index contributed by atoms with van der Waals surface area (Å²) in [7, 11) is 1.45. The normalized spacial score (nSPS) is 11.8. The summed E-state index contributed by atoms with van der Waals surface area (Å²) in [6, 6.07) is 3.22. The summed E-state index contributed by atoms with van der Waals surface area (Å²) in [4.78, 5) is 27.5. The number of aryl methyl sites for hydroxylation is 1. The summed E-state index contributed by atoms with van der Waals surface area (Å²) in [5.41, 5.74) is 0.386. The molecule has 0 radical (unpaired) electrons. The molecule has 1 aromatic heterocycles. The van der Waals surface area contributed by atoms with Crippen molar-refractivity contribution >= 4 is 23.5 Å². The van der Waals surface area contributed by atoms with Crippen LogP contribution in [-0.2, 0) is 11.2 Å². The molecule has 0 aliphatic rings. The third kappa shape index (κ3) is 3.62. The second-order valence-electron chi connectivity index (χ2n) is 4.62. The largest absolute Gasteiger partial charge is 0.495 e. The molecule has 0 spiro atoms. The Kier molecular flexibility index (Phi) is 5.23. The Morgan fingerprint density at radius 2 is 2.22 bits per heavy atom. The molecule has 0 saturated heterocycles. The van der Waals surface area contributed by atoms with Gasteiger partial charge < -0.3 is 19.6 Å². The maximum Gasteiger partial charge on any atom is 0.330 e. The SMILES string of the molecule is CCc1ocnc1C(=O)NC(C(=O)O)c1ccc(OC)c(Cl)c1. The number of nitrogens with one attached hydrogen (secondary N) is 1. The lowest BCUT2D eigenvalue weighted by atomic mass is 10.1. The van der Waals surface area contributed by atoms with Gasteiger partial charge in [-0.2, -0.15) is 0 Å². The summed E-state index contributed by atoms with van der Waals surface area (Å²) in [6.45, 7) is 1.80. The maximum atomic E-state index is 12.2.